The largest absolute Gasteiger partial charge is 0.325 e. The van der Waals surface area contributed by atoms with E-state index < -0.39 is 0 Å². The van der Waals surface area contributed by atoms with Crippen LogP contribution >= 0.6 is 15.9 Å². The van der Waals surface area contributed by atoms with Crippen LogP contribution in [0.5, 0.6) is 0 Å². The molecule has 1 aromatic rings. The SMILES string of the molecule is Brc1nccn1CC1CCNCC1. The maximum Gasteiger partial charge on any atom is 0.177 e. The average molecular weight is 244 g/mol. The molecule has 0 radical (unpaired) electrons. The Labute approximate surface area is 86.7 Å². The Morgan fingerprint density at radius 1 is 1.54 bits per heavy atom. The molecule has 4 heteroatoms. The third kappa shape index (κ3) is 2.31. The number of nitrogens with zero attached hydrogens (tertiary/aromatic N) is 2. The highest BCUT2D eigenvalue weighted by atomic mass is 79.9. The van der Waals surface area contributed by atoms with Gasteiger partial charge in [0.15, 0.2) is 4.73 Å². The van der Waals surface area contributed by atoms with Crippen molar-refractivity contribution in [3.63, 3.8) is 0 Å². The molecular formula is C9H14BrN3. The van der Waals surface area contributed by atoms with Crippen LogP contribution in [0.3, 0.4) is 0 Å². The molecule has 1 N–H and O–H groups in total. The van der Waals surface area contributed by atoms with E-state index in [9.17, 15) is 0 Å². The van der Waals surface area contributed by atoms with Gasteiger partial charge in [0, 0.05) is 18.9 Å². The quantitative estimate of drug-likeness (QED) is 0.857. The van der Waals surface area contributed by atoms with Crippen molar-refractivity contribution in [1.82, 2.24) is 14.9 Å². The van der Waals surface area contributed by atoms with Gasteiger partial charge in [0.1, 0.15) is 0 Å². The Morgan fingerprint density at radius 3 is 2.92 bits per heavy atom. The highest BCUT2D eigenvalue weighted by molar-refractivity contribution is 9.10. The normalized spacial score (nSPS) is 19.2. The summed E-state index contributed by atoms with van der Waals surface area (Å²) in [6, 6.07) is 0. The van der Waals surface area contributed by atoms with Crippen molar-refractivity contribution in [3.8, 4) is 0 Å². The third-order valence-electron chi connectivity index (χ3n) is 2.58. The van der Waals surface area contributed by atoms with Crippen molar-refractivity contribution < 1.29 is 0 Å². The van der Waals surface area contributed by atoms with Gasteiger partial charge in [-0.2, -0.15) is 0 Å². The molecule has 2 heterocycles. The van der Waals surface area contributed by atoms with Crippen LogP contribution in [0.1, 0.15) is 12.8 Å². The zero-order valence-corrected chi connectivity index (χ0v) is 9.13. The van der Waals surface area contributed by atoms with Crippen molar-refractivity contribution in [3.05, 3.63) is 17.1 Å². The summed E-state index contributed by atoms with van der Waals surface area (Å²) in [6.45, 7) is 3.43. The van der Waals surface area contributed by atoms with E-state index in [1.54, 1.807) is 0 Å². The molecule has 0 unspecified atom stereocenters. The Bertz CT molecular complexity index is 266. The lowest BCUT2D eigenvalue weighted by Gasteiger charge is -2.22. The molecule has 0 aromatic carbocycles. The van der Waals surface area contributed by atoms with Crippen LogP contribution in [-0.2, 0) is 6.54 Å². The number of nitrogens with one attached hydrogen (secondary N) is 1. The molecular weight excluding hydrogens is 230 g/mol. The van der Waals surface area contributed by atoms with E-state index in [1.807, 2.05) is 12.4 Å². The number of halogens is 1. The molecule has 1 aliphatic rings. The summed E-state index contributed by atoms with van der Waals surface area (Å²) < 4.78 is 3.13. The van der Waals surface area contributed by atoms with Crippen molar-refractivity contribution in [2.45, 2.75) is 19.4 Å². The minimum atomic E-state index is 0.812. The second kappa shape index (κ2) is 4.24. The lowest BCUT2D eigenvalue weighted by molar-refractivity contribution is 0.331. The van der Waals surface area contributed by atoms with Crippen molar-refractivity contribution >= 4 is 15.9 Å². The van der Waals surface area contributed by atoms with E-state index in [0.29, 0.717) is 0 Å². The summed E-state index contributed by atoms with van der Waals surface area (Å²) in [5.41, 5.74) is 0. The van der Waals surface area contributed by atoms with Gasteiger partial charge in [0.2, 0.25) is 0 Å². The smallest absolute Gasteiger partial charge is 0.177 e. The van der Waals surface area contributed by atoms with Gasteiger partial charge in [-0.05, 0) is 47.8 Å². The lowest BCUT2D eigenvalue weighted by Crippen LogP contribution is -2.29. The van der Waals surface area contributed by atoms with Gasteiger partial charge in [-0.1, -0.05) is 0 Å². The molecule has 1 saturated heterocycles. The fourth-order valence-electron chi connectivity index (χ4n) is 1.79. The monoisotopic (exact) mass is 243 g/mol. The second-order valence-corrected chi connectivity index (χ2v) is 4.25. The summed E-state index contributed by atoms with van der Waals surface area (Å²) in [4.78, 5) is 4.15. The lowest BCUT2D eigenvalue weighted by atomic mass is 9.98. The zero-order valence-electron chi connectivity index (χ0n) is 7.54. The molecule has 13 heavy (non-hydrogen) atoms. The third-order valence-corrected chi connectivity index (χ3v) is 3.24. The summed E-state index contributed by atoms with van der Waals surface area (Å²) in [5, 5.41) is 3.37. The molecule has 1 fully saturated rings. The first-order valence-corrected chi connectivity index (χ1v) is 5.53. The summed E-state index contributed by atoms with van der Waals surface area (Å²) in [7, 11) is 0. The predicted molar refractivity (Wildman–Crippen MR) is 55.5 cm³/mol. The molecule has 0 aliphatic carbocycles. The first kappa shape index (κ1) is 9.21. The van der Waals surface area contributed by atoms with E-state index in [0.717, 1.165) is 30.3 Å². The Balaban J connectivity index is 1.93. The van der Waals surface area contributed by atoms with E-state index in [-0.39, 0.29) is 0 Å². The van der Waals surface area contributed by atoms with Crippen LogP contribution in [0.25, 0.3) is 0 Å². The molecule has 72 valence electrons. The number of hydrogen-bond donors (Lipinski definition) is 1. The van der Waals surface area contributed by atoms with Crippen LogP contribution in [0.15, 0.2) is 17.1 Å². The number of imidazole rings is 1. The number of hydrogen-bond acceptors (Lipinski definition) is 2. The van der Waals surface area contributed by atoms with Crippen LogP contribution < -0.4 is 5.32 Å². The van der Waals surface area contributed by atoms with Gasteiger partial charge < -0.3 is 9.88 Å². The fraction of sp³-hybridized carbons (Fsp3) is 0.667. The topological polar surface area (TPSA) is 29.9 Å². The molecule has 1 aliphatic heterocycles. The Hall–Kier alpha value is -0.350. The molecule has 0 bridgehead atoms. The Morgan fingerprint density at radius 2 is 2.31 bits per heavy atom. The van der Waals surface area contributed by atoms with Crippen LogP contribution in [-0.4, -0.2) is 22.6 Å². The van der Waals surface area contributed by atoms with Gasteiger partial charge in [-0.25, -0.2) is 4.98 Å². The van der Waals surface area contributed by atoms with Gasteiger partial charge in [0.05, 0.1) is 0 Å². The van der Waals surface area contributed by atoms with Crippen LogP contribution in [0, 0.1) is 5.92 Å². The first-order chi connectivity index (χ1) is 6.36. The summed E-state index contributed by atoms with van der Waals surface area (Å²) >= 11 is 3.43. The second-order valence-electron chi connectivity index (χ2n) is 3.54. The Kier molecular flexibility index (Phi) is 3.01. The van der Waals surface area contributed by atoms with Gasteiger partial charge in [-0.3, -0.25) is 0 Å². The maximum atomic E-state index is 4.15. The molecule has 0 spiro atoms. The van der Waals surface area contributed by atoms with Gasteiger partial charge >= 0.3 is 0 Å². The summed E-state index contributed by atoms with van der Waals surface area (Å²) in [5.74, 6) is 0.812. The first-order valence-electron chi connectivity index (χ1n) is 4.73. The molecule has 1 aromatic heterocycles. The fourth-order valence-corrected chi connectivity index (χ4v) is 2.17. The van der Waals surface area contributed by atoms with Gasteiger partial charge in [0.25, 0.3) is 0 Å². The number of aromatic nitrogens is 2. The van der Waals surface area contributed by atoms with Crippen LogP contribution in [0.4, 0.5) is 0 Å². The van der Waals surface area contributed by atoms with Crippen molar-refractivity contribution in [1.29, 1.82) is 0 Å². The maximum absolute atomic E-state index is 4.15. The molecule has 2 rings (SSSR count). The van der Waals surface area contributed by atoms with E-state index in [2.05, 4.69) is 30.8 Å². The van der Waals surface area contributed by atoms with Crippen LogP contribution in [0.2, 0.25) is 0 Å². The van der Waals surface area contributed by atoms with Crippen molar-refractivity contribution in [2.75, 3.05) is 13.1 Å². The van der Waals surface area contributed by atoms with E-state index >= 15 is 0 Å². The summed E-state index contributed by atoms with van der Waals surface area (Å²) in [6.07, 6.45) is 6.44. The molecule has 0 atom stereocenters. The number of rotatable bonds is 2. The predicted octanol–water partition coefficient (Wildman–Crippen LogP) is 1.65. The van der Waals surface area contributed by atoms with E-state index in [1.165, 1.54) is 12.8 Å². The zero-order chi connectivity index (χ0) is 9.10. The minimum absolute atomic E-state index is 0.812. The van der Waals surface area contributed by atoms with E-state index in [4.69, 9.17) is 0 Å². The average Bonchev–Trinajstić information content (AvgIpc) is 2.54. The minimum Gasteiger partial charge on any atom is -0.325 e. The van der Waals surface area contributed by atoms with Crippen molar-refractivity contribution in [2.24, 2.45) is 5.92 Å². The standard InChI is InChI=1S/C9H14BrN3/c10-9-12-5-6-13(9)7-8-1-3-11-4-2-8/h5-6,8,11H,1-4,7H2. The highest BCUT2D eigenvalue weighted by Gasteiger charge is 2.13. The molecule has 0 saturated carbocycles. The molecule has 0 amide bonds. The number of piperidine rings is 1. The highest BCUT2D eigenvalue weighted by Crippen LogP contribution is 2.16. The molecule has 3 nitrogen and oxygen atoms in total. The van der Waals surface area contributed by atoms with Gasteiger partial charge in [-0.15, -0.1) is 0 Å².